The number of aromatic nitrogens is 3. The summed E-state index contributed by atoms with van der Waals surface area (Å²) in [6, 6.07) is 11.3. The maximum absolute atomic E-state index is 12.9. The molecule has 1 aliphatic carbocycles. The van der Waals surface area contributed by atoms with Crippen LogP contribution >= 0.6 is 0 Å². The summed E-state index contributed by atoms with van der Waals surface area (Å²) in [5.74, 6) is 0.125. The average Bonchev–Trinajstić information content (AvgIpc) is 3.52. The van der Waals surface area contributed by atoms with Crippen molar-refractivity contribution < 1.29 is 4.79 Å². The third-order valence-corrected chi connectivity index (χ3v) is 4.65. The Morgan fingerprint density at radius 1 is 1.18 bits per heavy atom. The summed E-state index contributed by atoms with van der Waals surface area (Å²) in [4.78, 5) is 33.7. The number of nitrogens with zero attached hydrogens (tertiary/aromatic N) is 3. The number of carbonyl (C=O) groups is 1. The van der Waals surface area contributed by atoms with Crippen LogP contribution in [0.4, 0.5) is 5.82 Å². The molecule has 0 unspecified atom stereocenters. The predicted octanol–water partition coefficient (Wildman–Crippen LogP) is 2.44. The summed E-state index contributed by atoms with van der Waals surface area (Å²) in [5, 5.41) is 6.02. The molecule has 1 aliphatic rings. The first-order valence-electron chi connectivity index (χ1n) is 9.25. The molecule has 28 heavy (non-hydrogen) atoms. The minimum absolute atomic E-state index is 0.112. The van der Waals surface area contributed by atoms with E-state index in [9.17, 15) is 9.59 Å². The van der Waals surface area contributed by atoms with E-state index < -0.39 is 0 Å². The molecule has 2 heterocycles. The zero-order valence-electron chi connectivity index (χ0n) is 15.6. The standard InChI is InChI=1S/C21H21N5O2/c1-14-5-6-15(20(27)25-16-7-8-16)12-18(14)26-11-10-23-19(21(26)28)24-13-17-4-2-3-9-22-17/h2-6,9-12,16H,7-8,13H2,1H3,(H,23,24)(H,25,27). The normalized spacial score (nSPS) is 13.2. The van der Waals surface area contributed by atoms with Crippen LogP contribution in [0.5, 0.6) is 0 Å². The molecular formula is C21H21N5O2. The first-order valence-corrected chi connectivity index (χ1v) is 9.25. The molecule has 0 spiro atoms. The second-order valence-corrected chi connectivity index (χ2v) is 6.87. The number of anilines is 1. The minimum Gasteiger partial charge on any atom is -0.360 e. The van der Waals surface area contributed by atoms with Gasteiger partial charge in [0.15, 0.2) is 5.82 Å². The van der Waals surface area contributed by atoms with Crippen molar-refractivity contribution in [2.75, 3.05) is 5.32 Å². The Hall–Kier alpha value is -3.48. The molecule has 4 rings (SSSR count). The van der Waals surface area contributed by atoms with E-state index in [2.05, 4.69) is 20.6 Å². The number of hydrogen-bond donors (Lipinski definition) is 2. The quantitative estimate of drug-likeness (QED) is 0.691. The van der Waals surface area contributed by atoms with Gasteiger partial charge in [0.25, 0.3) is 11.5 Å². The highest BCUT2D eigenvalue weighted by Gasteiger charge is 2.24. The number of aryl methyl sites for hydroxylation is 1. The van der Waals surface area contributed by atoms with E-state index in [1.807, 2.05) is 31.2 Å². The fourth-order valence-electron chi connectivity index (χ4n) is 2.91. The maximum atomic E-state index is 12.9. The van der Waals surface area contributed by atoms with Gasteiger partial charge in [-0.3, -0.25) is 19.1 Å². The maximum Gasteiger partial charge on any atom is 0.297 e. The number of pyridine rings is 1. The second-order valence-electron chi connectivity index (χ2n) is 6.87. The number of nitrogens with one attached hydrogen (secondary N) is 2. The van der Waals surface area contributed by atoms with Crippen LogP contribution in [0, 0.1) is 6.92 Å². The van der Waals surface area contributed by atoms with Gasteiger partial charge in [-0.05, 0) is 49.6 Å². The lowest BCUT2D eigenvalue weighted by Gasteiger charge is -2.13. The van der Waals surface area contributed by atoms with Crippen LogP contribution in [-0.2, 0) is 6.54 Å². The van der Waals surface area contributed by atoms with Crippen molar-refractivity contribution in [1.82, 2.24) is 19.9 Å². The Balaban J connectivity index is 1.61. The van der Waals surface area contributed by atoms with Gasteiger partial charge in [-0.25, -0.2) is 4.98 Å². The number of benzene rings is 1. The summed E-state index contributed by atoms with van der Waals surface area (Å²) in [6.07, 6.45) is 6.94. The third-order valence-electron chi connectivity index (χ3n) is 4.65. The van der Waals surface area contributed by atoms with Gasteiger partial charge < -0.3 is 10.6 Å². The van der Waals surface area contributed by atoms with Crippen molar-refractivity contribution in [2.45, 2.75) is 32.4 Å². The zero-order valence-corrected chi connectivity index (χ0v) is 15.6. The van der Waals surface area contributed by atoms with Crippen LogP contribution in [0.3, 0.4) is 0 Å². The number of rotatable bonds is 6. The lowest BCUT2D eigenvalue weighted by molar-refractivity contribution is 0.0951. The van der Waals surface area contributed by atoms with Gasteiger partial charge in [-0.2, -0.15) is 0 Å². The molecule has 2 aromatic heterocycles. The van der Waals surface area contributed by atoms with Crippen molar-refractivity contribution in [1.29, 1.82) is 0 Å². The Morgan fingerprint density at radius 2 is 2.04 bits per heavy atom. The molecule has 0 saturated heterocycles. The predicted molar refractivity (Wildman–Crippen MR) is 107 cm³/mol. The van der Waals surface area contributed by atoms with E-state index in [0.29, 0.717) is 17.8 Å². The smallest absolute Gasteiger partial charge is 0.297 e. The van der Waals surface area contributed by atoms with Crippen molar-refractivity contribution in [3.63, 3.8) is 0 Å². The molecular weight excluding hydrogens is 354 g/mol. The molecule has 0 aliphatic heterocycles. The number of amides is 1. The van der Waals surface area contributed by atoms with Crippen molar-refractivity contribution in [2.24, 2.45) is 0 Å². The van der Waals surface area contributed by atoms with E-state index in [1.165, 1.54) is 4.57 Å². The molecule has 1 saturated carbocycles. The molecule has 3 aromatic rings. The van der Waals surface area contributed by atoms with E-state index in [4.69, 9.17) is 0 Å². The van der Waals surface area contributed by atoms with Crippen LogP contribution < -0.4 is 16.2 Å². The van der Waals surface area contributed by atoms with Gasteiger partial charge in [0.2, 0.25) is 0 Å². The van der Waals surface area contributed by atoms with Crippen molar-refractivity contribution >= 4 is 11.7 Å². The lowest BCUT2D eigenvalue weighted by atomic mass is 10.1. The highest BCUT2D eigenvalue weighted by Crippen LogP contribution is 2.20. The van der Waals surface area contributed by atoms with Gasteiger partial charge in [-0.15, -0.1) is 0 Å². The van der Waals surface area contributed by atoms with Crippen molar-refractivity contribution in [3.05, 3.63) is 82.2 Å². The first kappa shape index (κ1) is 17.9. The molecule has 1 aromatic carbocycles. The topological polar surface area (TPSA) is 88.9 Å². The summed E-state index contributed by atoms with van der Waals surface area (Å²) >= 11 is 0. The zero-order chi connectivity index (χ0) is 19.5. The lowest BCUT2D eigenvalue weighted by Crippen LogP contribution is -2.26. The van der Waals surface area contributed by atoms with Crippen LogP contribution in [0.15, 0.2) is 59.8 Å². The average molecular weight is 375 g/mol. The van der Waals surface area contributed by atoms with E-state index in [1.54, 1.807) is 30.7 Å². The molecule has 7 nitrogen and oxygen atoms in total. The summed E-state index contributed by atoms with van der Waals surface area (Å²) in [5.41, 5.74) is 2.64. The fraction of sp³-hybridized carbons (Fsp3) is 0.238. The van der Waals surface area contributed by atoms with Crippen LogP contribution in [0.1, 0.15) is 34.5 Å². The Kier molecular flexibility index (Phi) is 4.89. The van der Waals surface area contributed by atoms with Gasteiger partial charge in [0.1, 0.15) is 0 Å². The van der Waals surface area contributed by atoms with E-state index >= 15 is 0 Å². The molecule has 0 atom stereocenters. The molecule has 142 valence electrons. The third kappa shape index (κ3) is 3.93. The summed E-state index contributed by atoms with van der Waals surface area (Å²) in [6.45, 7) is 2.31. The van der Waals surface area contributed by atoms with Crippen molar-refractivity contribution in [3.8, 4) is 5.69 Å². The fourth-order valence-corrected chi connectivity index (χ4v) is 2.91. The molecule has 1 fully saturated rings. The summed E-state index contributed by atoms with van der Waals surface area (Å²) < 4.78 is 1.51. The van der Waals surface area contributed by atoms with Gasteiger partial charge in [0.05, 0.1) is 17.9 Å². The SMILES string of the molecule is Cc1ccc(C(=O)NC2CC2)cc1-n1ccnc(NCc2ccccn2)c1=O. The largest absolute Gasteiger partial charge is 0.360 e. The van der Waals surface area contributed by atoms with E-state index in [0.717, 1.165) is 24.1 Å². The van der Waals surface area contributed by atoms with Gasteiger partial charge >= 0.3 is 0 Å². The number of hydrogen-bond acceptors (Lipinski definition) is 5. The molecule has 0 radical (unpaired) electrons. The number of carbonyl (C=O) groups excluding carboxylic acids is 1. The molecule has 1 amide bonds. The first-order chi connectivity index (χ1) is 13.6. The van der Waals surface area contributed by atoms with Gasteiger partial charge in [0, 0.05) is 30.2 Å². The Labute approximate surface area is 162 Å². The van der Waals surface area contributed by atoms with Crippen LogP contribution in [-0.4, -0.2) is 26.5 Å². The molecule has 2 N–H and O–H groups in total. The van der Waals surface area contributed by atoms with E-state index in [-0.39, 0.29) is 23.3 Å². The monoisotopic (exact) mass is 375 g/mol. The Morgan fingerprint density at radius 3 is 2.79 bits per heavy atom. The van der Waals surface area contributed by atoms with Crippen LogP contribution in [0.25, 0.3) is 5.69 Å². The molecule has 0 bridgehead atoms. The molecule has 7 heteroatoms. The highest BCUT2D eigenvalue weighted by molar-refractivity contribution is 5.95. The van der Waals surface area contributed by atoms with Crippen LogP contribution in [0.2, 0.25) is 0 Å². The second kappa shape index (κ2) is 7.64. The summed E-state index contributed by atoms with van der Waals surface area (Å²) in [7, 11) is 0. The highest BCUT2D eigenvalue weighted by atomic mass is 16.2. The minimum atomic E-state index is -0.277. The Bertz CT molecular complexity index is 1060. The van der Waals surface area contributed by atoms with Gasteiger partial charge in [-0.1, -0.05) is 12.1 Å².